The molecule has 0 N–H and O–H groups in total. The summed E-state index contributed by atoms with van der Waals surface area (Å²) in [6.07, 6.45) is 0.230. The molecule has 1 aromatic rings. The maximum Gasteiger partial charge on any atom is 0.310 e. The van der Waals surface area contributed by atoms with Gasteiger partial charge in [-0.3, -0.25) is 14.9 Å². The Bertz CT molecular complexity index is 510. The van der Waals surface area contributed by atoms with Crippen LogP contribution in [0.4, 0.5) is 5.69 Å². The third kappa shape index (κ3) is 4.27. The van der Waals surface area contributed by atoms with E-state index in [0.717, 1.165) is 0 Å². The molecule has 1 aromatic carbocycles. The van der Waals surface area contributed by atoms with Gasteiger partial charge >= 0.3 is 5.69 Å². The Kier molecular flexibility index (Phi) is 5.29. The van der Waals surface area contributed by atoms with Gasteiger partial charge in [0.25, 0.3) is 5.91 Å². The number of amides is 1. The van der Waals surface area contributed by atoms with Gasteiger partial charge in [0.05, 0.1) is 17.4 Å². The minimum Gasteiger partial charge on any atom is -0.477 e. The molecule has 100 valence electrons. The number of nitriles is 1. The molecular weight excluding hydrogens is 250 g/mol. The minimum absolute atomic E-state index is 0.0505. The Balaban J connectivity index is 2.60. The monoisotopic (exact) mass is 263 g/mol. The third-order valence-electron chi connectivity index (χ3n) is 2.40. The van der Waals surface area contributed by atoms with Gasteiger partial charge in [-0.15, -0.1) is 0 Å². The van der Waals surface area contributed by atoms with E-state index in [1.165, 1.54) is 23.1 Å². The van der Waals surface area contributed by atoms with Gasteiger partial charge < -0.3 is 9.64 Å². The van der Waals surface area contributed by atoms with E-state index in [1.807, 2.05) is 6.07 Å². The Labute approximate surface area is 110 Å². The summed E-state index contributed by atoms with van der Waals surface area (Å²) in [5.74, 6) is -0.289. The number of nitrogens with zero attached hydrogens (tertiary/aromatic N) is 3. The zero-order chi connectivity index (χ0) is 14.3. The van der Waals surface area contributed by atoms with Crippen LogP contribution in [0.15, 0.2) is 24.3 Å². The molecule has 0 heterocycles. The molecule has 7 heteroatoms. The van der Waals surface area contributed by atoms with Crippen LogP contribution in [0.2, 0.25) is 0 Å². The normalized spacial score (nSPS) is 9.47. The molecule has 0 aromatic heterocycles. The van der Waals surface area contributed by atoms with Crippen molar-refractivity contribution in [3.05, 3.63) is 34.4 Å². The largest absolute Gasteiger partial charge is 0.477 e. The number of carbonyl (C=O) groups is 1. The predicted octanol–water partition coefficient (Wildman–Crippen LogP) is 1.35. The van der Waals surface area contributed by atoms with Crippen LogP contribution in [0.3, 0.4) is 0 Å². The number of carbonyl (C=O) groups excluding carboxylic acids is 1. The van der Waals surface area contributed by atoms with Crippen molar-refractivity contribution in [2.75, 3.05) is 20.2 Å². The number of hydrogen-bond donors (Lipinski definition) is 0. The van der Waals surface area contributed by atoms with Crippen LogP contribution >= 0.6 is 0 Å². The second-order valence-corrected chi connectivity index (χ2v) is 3.74. The number of rotatable bonds is 6. The number of para-hydroxylation sites is 2. The fraction of sp³-hybridized carbons (Fsp3) is 0.333. The van der Waals surface area contributed by atoms with Crippen molar-refractivity contribution >= 4 is 11.6 Å². The van der Waals surface area contributed by atoms with Gasteiger partial charge in [-0.25, -0.2) is 0 Å². The van der Waals surface area contributed by atoms with E-state index in [0.29, 0.717) is 6.54 Å². The molecule has 0 aliphatic heterocycles. The van der Waals surface area contributed by atoms with E-state index in [9.17, 15) is 14.9 Å². The molecule has 0 radical (unpaired) electrons. The standard InChI is InChI=1S/C12H13N3O4/c1-14(8-4-7-13)12(16)9-19-11-6-3-2-5-10(11)15(17)18/h2-3,5-6H,4,8-9H2,1H3. The van der Waals surface area contributed by atoms with Gasteiger partial charge in [0.1, 0.15) is 0 Å². The molecular formula is C12H13N3O4. The minimum atomic E-state index is -0.570. The number of nitro benzene ring substituents is 1. The van der Waals surface area contributed by atoms with E-state index in [-0.39, 0.29) is 30.4 Å². The number of nitro groups is 1. The summed E-state index contributed by atoms with van der Waals surface area (Å²) in [7, 11) is 1.54. The summed E-state index contributed by atoms with van der Waals surface area (Å²) in [5.41, 5.74) is -0.185. The van der Waals surface area contributed by atoms with Crippen LogP contribution in [0.1, 0.15) is 6.42 Å². The van der Waals surface area contributed by atoms with Crippen LogP contribution < -0.4 is 4.74 Å². The second-order valence-electron chi connectivity index (χ2n) is 3.74. The van der Waals surface area contributed by atoms with Gasteiger partial charge in [0, 0.05) is 19.7 Å². The van der Waals surface area contributed by atoms with Gasteiger partial charge in [0.15, 0.2) is 12.4 Å². The zero-order valence-electron chi connectivity index (χ0n) is 10.4. The number of ether oxygens (including phenoxy) is 1. The number of benzene rings is 1. The van der Waals surface area contributed by atoms with Crippen molar-refractivity contribution in [1.82, 2.24) is 4.90 Å². The van der Waals surface area contributed by atoms with E-state index < -0.39 is 4.92 Å². The second kappa shape index (κ2) is 6.96. The maximum absolute atomic E-state index is 11.6. The summed E-state index contributed by atoms with van der Waals surface area (Å²) in [4.78, 5) is 23.1. The zero-order valence-corrected chi connectivity index (χ0v) is 10.4. The van der Waals surface area contributed by atoms with Crippen LogP contribution in [0.25, 0.3) is 0 Å². The van der Waals surface area contributed by atoms with Crippen molar-refractivity contribution in [2.45, 2.75) is 6.42 Å². The lowest BCUT2D eigenvalue weighted by atomic mass is 10.3. The lowest BCUT2D eigenvalue weighted by Gasteiger charge is -2.15. The van der Waals surface area contributed by atoms with Crippen molar-refractivity contribution in [1.29, 1.82) is 5.26 Å². The van der Waals surface area contributed by atoms with E-state index in [4.69, 9.17) is 10.00 Å². The molecule has 0 aliphatic carbocycles. The molecule has 0 saturated carbocycles. The Morgan fingerprint density at radius 2 is 2.21 bits per heavy atom. The first kappa shape index (κ1) is 14.4. The summed E-state index contributed by atoms with van der Waals surface area (Å²) in [5, 5.41) is 19.1. The average Bonchev–Trinajstić information content (AvgIpc) is 2.42. The number of hydrogen-bond acceptors (Lipinski definition) is 5. The summed E-state index contributed by atoms with van der Waals surface area (Å²) >= 11 is 0. The average molecular weight is 263 g/mol. The molecule has 0 bridgehead atoms. The van der Waals surface area contributed by atoms with Crippen molar-refractivity contribution in [3.63, 3.8) is 0 Å². The van der Waals surface area contributed by atoms with Crippen LogP contribution in [-0.4, -0.2) is 35.9 Å². The molecule has 1 amide bonds. The van der Waals surface area contributed by atoms with Crippen molar-refractivity contribution in [3.8, 4) is 11.8 Å². The highest BCUT2D eigenvalue weighted by Crippen LogP contribution is 2.25. The molecule has 0 unspecified atom stereocenters. The van der Waals surface area contributed by atoms with Crippen LogP contribution in [0, 0.1) is 21.4 Å². The maximum atomic E-state index is 11.6. The lowest BCUT2D eigenvalue weighted by molar-refractivity contribution is -0.385. The number of likely N-dealkylation sites (N-methyl/N-ethyl adjacent to an activating group) is 1. The van der Waals surface area contributed by atoms with Crippen LogP contribution in [-0.2, 0) is 4.79 Å². The first-order valence-corrected chi connectivity index (χ1v) is 5.53. The molecule has 19 heavy (non-hydrogen) atoms. The Hall–Kier alpha value is -2.62. The fourth-order valence-corrected chi connectivity index (χ4v) is 1.32. The highest BCUT2D eigenvalue weighted by molar-refractivity contribution is 5.77. The molecule has 1 rings (SSSR count). The summed E-state index contributed by atoms with van der Waals surface area (Å²) < 4.78 is 5.15. The van der Waals surface area contributed by atoms with Gasteiger partial charge in [-0.1, -0.05) is 12.1 Å². The lowest BCUT2D eigenvalue weighted by Crippen LogP contribution is -2.32. The Morgan fingerprint density at radius 1 is 1.53 bits per heavy atom. The SMILES string of the molecule is CN(CCC#N)C(=O)COc1ccccc1[N+](=O)[O-]. The third-order valence-corrected chi connectivity index (χ3v) is 2.40. The Morgan fingerprint density at radius 3 is 2.84 bits per heavy atom. The predicted molar refractivity (Wildman–Crippen MR) is 66.5 cm³/mol. The molecule has 7 nitrogen and oxygen atoms in total. The van der Waals surface area contributed by atoms with E-state index in [1.54, 1.807) is 13.1 Å². The topological polar surface area (TPSA) is 96.5 Å². The molecule has 0 fully saturated rings. The van der Waals surface area contributed by atoms with Gasteiger partial charge in [-0.2, -0.15) is 5.26 Å². The van der Waals surface area contributed by atoms with Crippen molar-refractivity contribution in [2.24, 2.45) is 0 Å². The van der Waals surface area contributed by atoms with E-state index >= 15 is 0 Å². The van der Waals surface area contributed by atoms with Gasteiger partial charge in [0.2, 0.25) is 0 Å². The van der Waals surface area contributed by atoms with E-state index in [2.05, 4.69) is 0 Å². The van der Waals surface area contributed by atoms with Crippen LogP contribution in [0.5, 0.6) is 5.75 Å². The molecule has 0 spiro atoms. The molecule has 0 aliphatic rings. The fourth-order valence-electron chi connectivity index (χ4n) is 1.32. The highest BCUT2D eigenvalue weighted by atomic mass is 16.6. The quantitative estimate of drug-likeness (QED) is 0.570. The summed E-state index contributed by atoms with van der Waals surface area (Å²) in [6.45, 7) is 0.00234. The first-order chi connectivity index (χ1) is 9.06. The highest BCUT2D eigenvalue weighted by Gasteiger charge is 2.16. The first-order valence-electron chi connectivity index (χ1n) is 5.53. The molecule has 0 atom stereocenters. The molecule has 0 saturated heterocycles. The smallest absolute Gasteiger partial charge is 0.310 e. The van der Waals surface area contributed by atoms with Crippen molar-refractivity contribution < 1.29 is 14.5 Å². The summed E-state index contributed by atoms with van der Waals surface area (Å²) in [6, 6.07) is 7.77. The van der Waals surface area contributed by atoms with Gasteiger partial charge in [-0.05, 0) is 6.07 Å².